The Kier molecular flexibility index (Phi) is 4.31. The minimum atomic E-state index is 0.692. The number of rotatable bonds is 3. The van der Waals surface area contributed by atoms with Crippen molar-refractivity contribution in [2.24, 2.45) is 0 Å². The number of nitriles is 1. The van der Waals surface area contributed by atoms with Gasteiger partial charge < -0.3 is 10.6 Å². The molecule has 0 spiro atoms. The lowest BCUT2D eigenvalue weighted by molar-refractivity contribution is 0.915. The summed E-state index contributed by atoms with van der Waals surface area (Å²) in [6, 6.07) is 13.8. The summed E-state index contributed by atoms with van der Waals surface area (Å²) in [5, 5.41) is 8.89. The van der Waals surface area contributed by atoms with Crippen molar-refractivity contribution in [2.45, 2.75) is 13.5 Å². The van der Waals surface area contributed by atoms with Gasteiger partial charge in [-0.05, 0) is 48.4 Å². The molecule has 102 valence electrons. The van der Waals surface area contributed by atoms with Gasteiger partial charge in [-0.25, -0.2) is 0 Å². The van der Waals surface area contributed by atoms with E-state index >= 15 is 0 Å². The Morgan fingerprint density at radius 1 is 1.25 bits per heavy atom. The van der Waals surface area contributed by atoms with E-state index in [-0.39, 0.29) is 0 Å². The third kappa shape index (κ3) is 3.12. The van der Waals surface area contributed by atoms with E-state index in [4.69, 9.17) is 11.0 Å². The number of hydrogen-bond acceptors (Lipinski definition) is 3. The second-order valence-corrected chi connectivity index (χ2v) is 5.73. The highest BCUT2D eigenvalue weighted by Gasteiger charge is 2.08. The second-order valence-electron chi connectivity index (χ2n) is 4.81. The van der Waals surface area contributed by atoms with Crippen LogP contribution in [0, 0.1) is 18.3 Å². The van der Waals surface area contributed by atoms with Crippen molar-refractivity contribution in [1.82, 2.24) is 0 Å². The summed E-state index contributed by atoms with van der Waals surface area (Å²) >= 11 is 3.41. The van der Waals surface area contributed by atoms with Gasteiger partial charge in [0.05, 0.1) is 23.0 Å². The van der Waals surface area contributed by atoms with Crippen LogP contribution in [0.2, 0.25) is 0 Å². The highest BCUT2D eigenvalue weighted by Crippen LogP contribution is 2.27. The molecule has 3 nitrogen and oxygen atoms in total. The third-order valence-electron chi connectivity index (χ3n) is 3.28. The average molecular weight is 330 g/mol. The SMILES string of the molecule is Cc1cc(C#N)ccc1CN(C)c1ccc(Br)cc1N. The Bertz CT molecular complexity index is 674. The molecule has 2 N–H and O–H groups in total. The van der Waals surface area contributed by atoms with Crippen LogP contribution >= 0.6 is 15.9 Å². The van der Waals surface area contributed by atoms with Gasteiger partial charge in [0.25, 0.3) is 0 Å². The van der Waals surface area contributed by atoms with Gasteiger partial charge >= 0.3 is 0 Å². The Hall–Kier alpha value is -1.99. The molecule has 0 saturated heterocycles. The van der Waals surface area contributed by atoms with E-state index in [9.17, 15) is 0 Å². The first kappa shape index (κ1) is 14.4. The normalized spacial score (nSPS) is 10.1. The minimum absolute atomic E-state index is 0.692. The summed E-state index contributed by atoms with van der Waals surface area (Å²) in [4.78, 5) is 2.11. The van der Waals surface area contributed by atoms with E-state index in [1.807, 2.05) is 50.4 Å². The van der Waals surface area contributed by atoms with E-state index in [0.717, 1.165) is 28.0 Å². The quantitative estimate of drug-likeness (QED) is 0.870. The molecular formula is C16H16BrN3. The fourth-order valence-electron chi connectivity index (χ4n) is 2.16. The van der Waals surface area contributed by atoms with E-state index < -0.39 is 0 Å². The highest BCUT2D eigenvalue weighted by atomic mass is 79.9. The molecule has 2 rings (SSSR count). The first-order valence-corrected chi connectivity index (χ1v) is 7.06. The zero-order valence-electron chi connectivity index (χ0n) is 11.5. The molecule has 0 fully saturated rings. The first-order valence-electron chi connectivity index (χ1n) is 6.27. The van der Waals surface area contributed by atoms with Crippen molar-refractivity contribution in [3.8, 4) is 6.07 Å². The topological polar surface area (TPSA) is 53.0 Å². The maximum atomic E-state index is 8.89. The average Bonchev–Trinajstić information content (AvgIpc) is 2.40. The van der Waals surface area contributed by atoms with Crippen LogP contribution in [0.5, 0.6) is 0 Å². The molecule has 4 heteroatoms. The molecule has 0 aliphatic carbocycles. The molecule has 2 aromatic carbocycles. The van der Waals surface area contributed by atoms with Gasteiger partial charge in [0.1, 0.15) is 0 Å². The van der Waals surface area contributed by atoms with Crippen molar-refractivity contribution in [3.05, 3.63) is 57.6 Å². The van der Waals surface area contributed by atoms with Crippen LogP contribution in [-0.4, -0.2) is 7.05 Å². The van der Waals surface area contributed by atoms with Crippen molar-refractivity contribution in [2.75, 3.05) is 17.7 Å². The molecule has 2 aromatic rings. The number of nitrogens with two attached hydrogens (primary N) is 1. The molecule has 0 aliphatic heterocycles. The van der Waals surface area contributed by atoms with E-state index in [2.05, 4.69) is 26.9 Å². The number of aryl methyl sites for hydroxylation is 1. The van der Waals surface area contributed by atoms with Gasteiger partial charge in [-0.2, -0.15) is 5.26 Å². The standard InChI is InChI=1S/C16H16BrN3/c1-11-7-12(9-18)3-4-13(11)10-20(2)16-6-5-14(17)8-15(16)19/h3-8H,10,19H2,1-2H3. The summed E-state index contributed by atoms with van der Waals surface area (Å²) in [7, 11) is 2.01. The number of halogens is 1. The predicted molar refractivity (Wildman–Crippen MR) is 86.6 cm³/mol. The molecular weight excluding hydrogens is 314 g/mol. The molecule has 20 heavy (non-hydrogen) atoms. The minimum Gasteiger partial charge on any atom is -0.397 e. The van der Waals surface area contributed by atoms with Crippen LogP contribution in [0.1, 0.15) is 16.7 Å². The lowest BCUT2D eigenvalue weighted by Crippen LogP contribution is -2.18. The van der Waals surface area contributed by atoms with Crippen molar-refractivity contribution < 1.29 is 0 Å². The zero-order chi connectivity index (χ0) is 14.7. The van der Waals surface area contributed by atoms with Crippen molar-refractivity contribution >= 4 is 27.3 Å². The number of benzene rings is 2. The summed E-state index contributed by atoms with van der Waals surface area (Å²) in [6.07, 6.45) is 0. The molecule has 0 radical (unpaired) electrons. The molecule has 0 heterocycles. The number of hydrogen-bond donors (Lipinski definition) is 1. The van der Waals surface area contributed by atoms with E-state index in [1.54, 1.807) is 0 Å². The maximum absolute atomic E-state index is 8.89. The predicted octanol–water partition coefficient (Wildman–Crippen LogP) is 3.85. The first-order chi connectivity index (χ1) is 9.51. The largest absolute Gasteiger partial charge is 0.397 e. The van der Waals surface area contributed by atoms with Gasteiger partial charge in [-0.3, -0.25) is 0 Å². The zero-order valence-corrected chi connectivity index (χ0v) is 13.1. The Balaban J connectivity index is 2.23. The second kappa shape index (κ2) is 5.98. The molecule has 0 saturated carbocycles. The third-order valence-corrected chi connectivity index (χ3v) is 3.77. The van der Waals surface area contributed by atoms with Gasteiger partial charge in [-0.15, -0.1) is 0 Å². The number of nitrogens with zero attached hydrogens (tertiary/aromatic N) is 2. The van der Waals surface area contributed by atoms with E-state index in [0.29, 0.717) is 5.56 Å². The molecule has 0 unspecified atom stereocenters. The summed E-state index contributed by atoms with van der Waals surface area (Å²) in [5.41, 5.74) is 10.8. The summed E-state index contributed by atoms with van der Waals surface area (Å²) < 4.78 is 0.974. The number of anilines is 2. The Morgan fingerprint density at radius 3 is 2.60 bits per heavy atom. The van der Waals surface area contributed by atoms with Crippen LogP contribution in [0.4, 0.5) is 11.4 Å². The van der Waals surface area contributed by atoms with Crippen LogP contribution in [0.15, 0.2) is 40.9 Å². The van der Waals surface area contributed by atoms with Crippen molar-refractivity contribution in [1.29, 1.82) is 5.26 Å². The maximum Gasteiger partial charge on any atom is 0.0991 e. The van der Waals surface area contributed by atoms with Gasteiger partial charge in [0.2, 0.25) is 0 Å². The highest BCUT2D eigenvalue weighted by molar-refractivity contribution is 9.10. The van der Waals surface area contributed by atoms with Crippen LogP contribution < -0.4 is 10.6 Å². The monoisotopic (exact) mass is 329 g/mol. The number of nitrogen functional groups attached to an aromatic ring is 1. The lowest BCUT2D eigenvalue weighted by Gasteiger charge is -2.22. The Labute approximate surface area is 127 Å². The van der Waals surface area contributed by atoms with Crippen LogP contribution in [0.3, 0.4) is 0 Å². The molecule has 0 amide bonds. The fraction of sp³-hybridized carbons (Fsp3) is 0.188. The van der Waals surface area contributed by atoms with Crippen molar-refractivity contribution in [3.63, 3.8) is 0 Å². The van der Waals surface area contributed by atoms with E-state index in [1.165, 1.54) is 5.56 Å². The fourth-order valence-corrected chi connectivity index (χ4v) is 2.54. The Morgan fingerprint density at radius 2 is 2.00 bits per heavy atom. The van der Waals surface area contributed by atoms with Crippen LogP contribution in [0.25, 0.3) is 0 Å². The smallest absolute Gasteiger partial charge is 0.0991 e. The molecule has 0 bridgehead atoms. The molecule has 0 atom stereocenters. The molecule has 0 aromatic heterocycles. The van der Waals surface area contributed by atoms with Crippen LogP contribution in [-0.2, 0) is 6.54 Å². The van der Waals surface area contributed by atoms with Gasteiger partial charge in [-0.1, -0.05) is 22.0 Å². The van der Waals surface area contributed by atoms with Gasteiger partial charge in [0, 0.05) is 18.1 Å². The summed E-state index contributed by atoms with van der Waals surface area (Å²) in [6.45, 7) is 2.78. The lowest BCUT2D eigenvalue weighted by atomic mass is 10.0. The van der Waals surface area contributed by atoms with Gasteiger partial charge in [0.15, 0.2) is 0 Å². The summed E-state index contributed by atoms with van der Waals surface area (Å²) in [5.74, 6) is 0. The molecule has 0 aliphatic rings.